The predicted molar refractivity (Wildman–Crippen MR) is 95.9 cm³/mol. The smallest absolute Gasteiger partial charge is 0.426 e. The molecule has 0 aliphatic carbocycles. The molecule has 4 heteroatoms. The fourth-order valence-electron chi connectivity index (χ4n) is 2.76. The Hall–Kier alpha value is -0.0551. The summed E-state index contributed by atoms with van der Waals surface area (Å²) in [5.41, 5.74) is 0. The van der Waals surface area contributed by atoms with Gasteiger partial charge in [0.2, 0.25) is 0 Å². The number of hydrogen-bond acceptors (Lipinski definition) is 3. The maximum atomic E-state index is 8.61. The summed E-state index contributed by atoms with van der Waals surface area (Å²) in [6.07, 6.45) is 20.4. The summed E-state index contributed by atoms with van der Waals surface area (Å²) >= 11 is 0. The van der Waals surface area contributed by atoms with Gasteiger partial charge in [-0.05, 0) is 6.42 Å². The number of ether oxygens (including phenoxy) is 1. The zero-order valence-electron chi connectivity index (χ0n) is 14.9. The highest BCUT2D eigenvalue weighted by atomic mass is 16.5. The average Bonchev–Trinajstić information content (AvgIpc) is 2.50. The Labute approximate surface area is 139 Å². The van der Waals surface area contributed by atoms with Gasteiger partial charge in [-0.1, -0.05) is 96.8 Å². The van der Waals surface area contributed by atoms with Gasteiger partial charge in [0.1, 0.15) is 0 Å². The van der Waals surface area contributed by atoms with E-state index >= 15 is 0 Å². The van der Waals surface area contributed by atoms with Crippen molar-refractivity contribution in [1.29, 1.82) is 0 Å². The van der Waals surface area contributed by atoms with Crippen molar-refractivity contribution in [1.82, 2.24) is 0 Å². The number of unbranched alkanes of at least 4 members (excludes halogenated alkanes) is 14. The lowest BCUT2D eigenvalue weighted by Gasteiger charge is -2.04. The molecule has 0 unspecified atom stereocenters. The van der Waals surface area contributed by atoms with Crippen LogP contribution in [0.4, 0.5) is 0 Å². The molecule has 0 saturated carbocycles. The van der Waals surface area contributed by atoms with Crippen molar-refractivity contribution in [2.75, 3.05) is 13.1 Å². The van der Waals surface area contributed by atoms with Crippen molar-refractivity contribution in [3.8, 4) is 0 Å². The SMILES string of the molecule is CCCCCCCCCCCCCCCCCOCB(O)O. The molecule has 0 atom stereocenters. The number of hydrogen-bond donors (Lipinski definition) is 2. The lowest BCUT2D eigenvalue weighted by atomic mass is 9.95. The topological polar surface area (TPSA) is 49.7 Å². The molecule has 132 valence electrons. The van der Waals surface area contributed by atoms with Crippen LogP contribution in [0.3, 0.4) is 0 Å². The number of rotatable bonds is 18. The molecule has 0 heterocycles. The highest BCUT2D eigenvalue weighted by Gasteiger charge is 2.04. The van der Waals surface area contributed by atoms with Crippen molar-refractivity contribution in [2.24, 2.45) is 0 Å². The van der Waals surface area contributed by atoms with Crippen LogP contribution in [0, 0.1) is 0 Å². The van der Waals surface area contributed by atoms with Gasteiger partial charge in [0.15, 0.2) is 0 Å². The average molecular weight is 314 g/mol. The van der Waals surface area contributed by atoms with Gasteiger partial charge in [0.05, 0.1) is 6.51 Å². The second kappa shape index (κ2) is 19.0. The molecule has 0 amide bonds. The molecule has 0 aliphatic heterocycles. The van der Waals surface area contributed by atoms with E-state index in [2.05, 4.69) is 6.92 Å². The van der Waals surface area contributed by atoms with Crippen LogP contribution in [0.15, 0.2) is 0 Å². The van der Waals surface area contributed by atoms with E-state index in [0.717, 1.165) is 6.42 Å². The summed E-state index contributed by atoms with van der Waals surface area (Å²) in [7, 11) is -1.32. The first-order valence-electron chi connectivity index (χ1n) is 9.71. The monoisotopic (exact) mass is 314 g/mol. The molecular weight excluding hydrogens is 275 g/mol. The van der Waals surface area contributed by atoms with Gasteiger partial charge in [0, 0.05) is 6.61 Å². The molecule has 0 fully saturated rings. The summed E-state index contributed by atoms with van der Waals surface area (Å²) < 4.78 is 5.11. The van der Waals surface area contributed by atoms with Crippen molar-refractivity contribution in [3.63, 3.8) is 0 Å². The molecule has 0 rings (SSSR count). The maximum Gasteiger partial charge on any atom is 0.479 e. The fraction of sp³-hybridized carbons (Fsp3) is 1.00. The van der Waals surface area contributed by atoms with Gasteiger partial charge in [0.25, 0.3) is 0 Å². The van der Waals surface area contributed by atoms with Gasteiger partial charge in [-0.15, -0.1) is 0 Å². The second-order valence-electron chi connectivity index (χ2n) is 6.51. The van der Waals surface area contributed by atoms with E-state index in [9.17, 15) is 0 Å². The summed E-state index contributed by atoms with van der Waals surface area (Å²) in [6, 6.07) is 0. The van der Waals surface area contributed by atoms with Gasteiger partial charge in [-0.3, -0.25) is 0 Å². The minimum Gasteiger partial charge on any atom is -0.426 e. The third kappa shape index (κ3) is 19.9. The van der Waals surface area contributed by atoms with Crippen LogP contribution in [0.5, 0.6) is 0 Å². The molecule has 0 aromatic rings. The minimum absolute atomic E-state index is 0.0403. The molecule has 0 aromatic carbocycles. The van der Waals surface area contributed by atoms with Crippen LogP contribution in [-0.2, 0) is 4.74 Å². The van der Waals surface area contributed by atoms with Crippen LogP contribution >= 0.6 is 0 Å². The lowest BCUT2D eigenvalue weighted by molar-refractivity contribution is 0.149. The van der Waals surface area contributed by atoms with E-state index < -0.39 is 7.12 Å². The highest BCUT2D eigenvalue weighted by Crippen LogP contribution is 2.13. The third-order valence-corrected chi connectivity index (χ3v) is 4.16. The Morgan fingerprint density at radius 1 is 0.591 bits per heavy atom. The minimum atomic E-state index is -1.32. The second-order valence-corrected chi connectivity index (χ2v) is 6.51. The van der Waals surface area contributed by atoms with Crippen molar-refractivity contribution in [2.45, 2.75) is 103 Å². The van der Waals surface area contributed by atoms with Crippen molar-refractivity contribution >= 4 is 7.12 Å². The Kier molecular flexibility index (Phi) is 18.9. The third-order valence-electron chi connectivity index (χ3n) is 4.16. The molecule has 0 bridgehead atoms. The van der Waals surface area contributed by atoms with E-state index in [1.807, 2.05) is 0 Å². The van der Waals surface area contributed by atoms with E-state index in [-0.39, 0.29) is 6.51 Å². The van der Waals surface area contributed by atoms with Crippen LogP contribution in [0.1, 0.15) is 103 Å². The predicted octanol–water partition coefficient (Wildman–Crippen LogP) is 4.89. The first kappa shape index (κ1) is 21.9. The van der Waals surface area contributed by atoms with Gasteiger partial charge in [-0.25, -0.2) is 0 Å². The molecule has 0 saturated heterocycles. The van der Waals surface area contributed by atoms with Crippen LogP contribution in [-0.4, -0.2) is 30.3 Å². The quantitative estimate of drug-likeness (QED) is 0.280. The zero-order valence-corrected chi connectivity index (χ0v) is 14.9. The van der Waals surface area contributed by atoms with E-state index in [0.29, 0.717) is 6.61 Å². The van der Waals surface area contributed by atoms with Gasteiger partial charge in [-0.2, -0.15) is 0 Å². The molecule has 0 radical (unpaired) electrons. The van der Waals surface area contributed by atoms with Crippen LogP contribution in [0.25, 0.3) is 0 Å². The highest BCUT2D eigenvalue weighted by molar-refractivity contribution is 6.40. The first-order chi connectivity index (χ1) is 10.8. The summed E-state index contributed by atoms with van der Waals surface area (Å²) in [4.78, 5) is 0. The van der Waals surface area contributed by atoms with Crippen LogP contribution in [0.2, 0.25) is 0 Å². The molecule has 0 spiro atoms. The Balaban J connectivity index is 2.94. The molecule has 3 nitrogen and oxygen atoms in total. The van der Waals surface area contributed by atoms with Crippen LogP contribution < -0.4 is 0 Å². The van der Waals surface area contributed by atoms with Crippen molar-refractivity contribution < 1.29 is 14.8 Å². The Morgan fingerprint density at radius 3 is 1.32 bits per heavy atom. The summed E-state index contributed by atoms with van der Waals surface area (Å²) in [5, 5.41) is 17.2. The fourth-order valence-corrected chi connectivity index (χ4v) is 2.76. The summed E-state index contributed by atoms with van der Waals surface area (Å²) in [5.74, 6) is 0. The van der Waals surface area contributed by atoms with E-state index in [4.69, 9.17) is 14.8 Å². The molecule has 0 aliphatic rings. The largest absolute Gasteiger partial charge is 0.479 e. The Bertz CT molecular complexity index is 201. The zero-order chi connectivity index (χ0) is 16.3. The molecule has 0 aromatic heterocycles. The van der Waals surface area contributed by atoms with E-state index in [1.54, 1.807) is 0 Å². The molecule has 2 N–H and O–H groups in total. The normalized spacial score (nSPS) is 11.0. The van der Waals surface area contributed by atoms with Gasteiger partial charge >= 0.3 is 7.12 Å². The Morgan fingerprint density at radius 2 is 0.955 bits per heavy atom. The molecule has 22 heavy (non-hydrogen) atoms. The van der Waals surface area contributed by atoms with E-state index in [1.165, 1.54) is 89.9 Å². The summed E-state index contributed by atoms with van der Waals surface area (Å²) in [6.45, 7) is 2.96. The standard InChI is InChI=1S/C18H39BO3/c1-2-3-4-5-6-7-8-9-10-11-12-13-14-15-16-17-22-18-19(20)21/h20-21H,2-18H2,1H3. The maximum absolute atomic E-state index is 8.61. The van der Waals surface area contributed by atoms with Gasteiger partial charge < -0.3 is 14.8 Å². The van der Waals surface area contributed by atoms with Crippen molar-refractivity contribution in [3.05, 3.63) is 0 Å². The lowest BCUT2D eigenvalue weighted by Crippen LogP contribution is -2.20. The molecular formula is C18H39BO3. The first-order valence-corrected chi connectivity index (χ1v) is 9.71.